The van der Waals surface area contributed by atoms with Crippen LogP contribution in [0.1, 0.15) is 18.2 Å². The summed E-state index contributed by atoms with van der Waals surface area (Å²) in [6.07, 6.45) is 1.10. The van der Waals surface area contributed by atoms with Gasteiger partial charge in [-0.3, -0.25) is 4.68 Å². The average Bonchev–Trinajstić information content (AvgIpc) is 2.60. The molecule has 1 unspecified atom stereocenters. The summed E-state index contributed by atoms with van der Waals surface area (Å²) >= 11 is 0. The number of aliphatic hydroxyl groups is 1. The van der Waals surface area contributed by atoms with E-state index >= 15 is 0 Å². The first kappa shape index (κ1) is 10.8. The molecule has 1 N–H and O–H groups in total. The maximum Gasteiger partial charge on any atom is 0.167 e. The number of halogens is 1. The fourth-order valence-corrected chi connectivity index (χ4v) is 1.86. The Morgan fingerprint density at radius 3 is 2.44 bits per heavy atom. The second-order valence-corrected chi connectivity index (χ2v) is 3.90. The van der Waals surface area contributed by atoms with Gasteiger partial charge in [0.05, 0.1) is 6.20 Å². The lowest BCUT2D eigenvalue weighted by atomic mass is 9.92. The molecule has 0 amide bonds. The Hall–Kier alpha value is -1.68. The Morgan fingerprint density at radius 2 is 1.94 bits per heavy atom. The molecule has 1 atom stereocenters. The molecule has 1 aromatic heterocycles. The van der Waals surface area contributed by atoms with Crippen molar-refractivity contribution in [2.45, 2.75) is 12.5 Å². The van der Waals surface area contributed by atoms with Crippen molar-refractivity contribution in [3.05, 3.63) is 53.6 Å². The molecule has 0 fully saturated rings. The van der Waals surface area contributed by atoms with Crippen LogP contribution in [0.5, 0.6) is 0 Å². The van der Waals surface area contributed by atoms with Gasteiger partial charge in [-0.05, 0) is 12.5 Å². The van der Waals surface area contributed by atoms with Gasteiger partial charge in [-0.15, -0.1) is 0 Å². The zero-order chi connectivity index (χ0) is 11.8. The minimum absolute atomic E-state index is 0.165. The lowest BCUT2D eigenvalue weighted by Gasteiger charge is -2.24. The Kier molecular flexibility index (Phi) is 2.52. The summed E-state index contributed by atoms with van der Waals surface area (Å²) < 4.78 is 14.9. The van der Waals surface area contributed by atoms with Crippen LogP contribution in [0.2, 0.25) is 0 Å². The Bertz CT molecular complexity index is 471. The van der Waals surface area contributed by atoms with Gasteiger partial charge in [-0.1, -0.05) is 30.3 Å². The van der Waals surface area contributed by atoms with E-state index in [9.17, 15) is 9.50 Å². The molecule has 84 valence electrons. The summed E-state index contributed by atoms with van der Waals surface area (Å²) in [5, 5.41) is 14.2. The van der Waals surface area contributed by atoms with Crippen LogP contribution >= 0.6 is 0 Å². The standard InChI is InChI=1S/C12H13FN2O/c1-12(16,9-6-4-3-5-7-9)11-10(13)8-14-15(11)2/h3-8,16H,1-2H3. The number of aryl methyl sites for hydroxylation is 1. The van der Waals surface area contributed by atoms with Crippen LogP contribution < -0.4 is 0 Å². The van der Waals surface area contributed by atoms with E-state index in [-0.39, 0.29) is 5.69 Å². The van der Waals surface area contributed by atoms with Crippen LogP contribution in [0, 0.1) is 5.82 Å². The van der Waals surface area contributed by atoms with Crippen LogP contribution in [-0.2, 0) is 12.6 Å². The third-order valence-electron chi connectivity index (χ3n) is 2.69. The monoisotopic (exact) mass is 220 g/mol. The number of nitrogens with zero attached hydrogens (tertiary/aromatic N) is 2. The highest BCUT2D eigenvalue weighted by atomic mass is 19.1. The molecule has 4 heteroatoms. The fraction of sp³-hybridized carbons (Fsp3) is 0.250. The molecule has 0 saturated carbocycles. The Balaban J connectivity index is 2.55. The SMILES string of the molecule is Cn1ncc(F)c1C(C)(O)c1ccccc1. The van der Waals surface area contributed by atoms with Gasteiger partial charge in [-0.25, -0.2) is 4.39 Å². The first-order valence-corrected chi connectivity index (χ1v) is 4.99. The highest BCUT2D eigenvalue weighted by Gasteiger charge is 2.32. The van der Waals surface area contributed by atoms with Gasteiger partial charge in [0.15, 0.2) is 5.82 Å². The van der Waals surface area contributed by atoms with E-state index in [1.54, 1.807) is 38.2 Å². The molecule has 0 saturated heterocycles. The first-order chi connectivity index (χ1) is 7.53. The number of hydrogen-bond acceptors (Lipinski definition) is 2. The predicted molar refractivity (Wildman–Crippen MR) is 58.3 cm³/mol. The third kappa shape index (κ3) is 1.61. The highest BCUT2D eigenvalue weighted by Crippen LogP contribution is 2.29. The predicted octanol–water partition coefficient (Wildman–Crippen LogP) is 1.81. The fourth-order valence-electron chi connectivity index (χ4n) is 1.86. The smallest absolute Gasteiger partial charge is 0.167 e. The van der Waals surface area contributed by atoms with Crippen LogP contribution in [0.15, 0.2) is 36.5 Å². The van der Waals surface area contributed by atoms with Crippen molar-refractivity contribution in [2.75, 3.05) is 0 Å². The van der Waals surface area contributed by atoms with E-state index in [1.807, 2.05) is 6.07 Å². The van der Waals surface area contributed by atoms with E-state index < -0.39 is 11.4 Å². The molecule has 2 rings (SSSR count). The van der Waals surface area contributed by atoms with Crippen molar-refractivity contribution in [1.82, 2.24) is 9.78 Å². The summed E-state index contributed by atoms with van der Waals surface area (Å²) in [5.74, 6) is -0.503. The molecule has 0 radical (unpaired) electrons. The lowest BCUT2D eigenvalue weighted by molar-refractivity contribution is 0.0886. The molecule has 0 aliphatic rings. The molecule has 2 aromatic rings. The van der Waals surface area contributed by atoms with Gasteiger partial charge in [0.25, 0.3) is 0 Å². The van der Waals surface area contributed by atoms with Gasteiger partial charge >= 0.3 is 0 Å². The molecule has 0 spiro atoms. The van der Waals surface area contributed by atoms with E-state index in [4.69, 9.17) is 0 Å². The van der Waals surface area contributed by atoms with Crippen molar-refractivity contribution >= 4 is 0 Å². The number of aromatic nitrogens is 2. The van der Waals surface area contributed by atoms with E-state index in [2.05, 4.69) is 5.10 Å². The molecule has 0 aliphatic carbocycles. The topological polar surface area (TPSA) is 38.0 Å². The Morgan fingerprint density at radius 1 is 1.31 bits per heavy atom. The molecule has 16 heavy (non-hydrogen) atoms. The normalized spacial score (nSPS) is 14.8. The van der Waals surface area contributed by atoms with Crippen LogP contribution in [0.3, 0.4) is 0 Å². The highest BCUT2D eigenvalue weighted by molar-refractivity contribution is 5.31. The molecule has 0 aliphatic heterocycles. The molecule has 3 nitrogen and oxygen atoms in total. The van der Waals surface area contributed by atoms with Gasteiger partial charge < -0.3 is 5.11 Å². The van der Waals surface area contributed by atoms with Crippen LogP contribution in [0.4, 0.5) is 4.39 Å². The third-order valence-corrected chi connectivity index (χ3v) is 2.69. The summed E-state index contributed by atoms with van der Waals surface area (Å²) in [6, 6.07) is 8.97. The van der Waals surface area contributed by atoms with Gasteiger partial charge in [-0.2, -0.15) is 5.10 Å². The van der Waals surface area contributed by atoms with E-state index in [1.165, 1.54) is 4.68 Å². The summed E-state index contributed by atoms with van der Waals surface area (Å²) in [4.78, 5) is 0. The van der Waals surface area contributed by atoms with E-state index in [0.29, 0.717) is 5.56 Å². The van der Waals surface area contributed by atoms with Crippen molar-refractivity contribution in [3.8, 4) is 0 Å². The molecular formula is C12H13FN2O. The lowest BCUT2D eigenvalue weighted by Crippen LogP contribution is -2.27. The van der Waals surface area contributed by atoms with Crippen LogP contribution in [0.25, 0.3) is 0 Å². The molecule has 1 heterocycles. The zero-order valence-electron chi connectivity index (χ0n) is 9.18. The second kappa shape index (κ2) is 3.72. The first-order valence-electron chi connectivity index (χ1n) is 4.99. The van der Waals surface area contributed by atoms with Crippen molar-refractivity contribution in [2.24, 2.45) is 7.05 Å². The molecule has 1 aromatic carbocycles. The largest absolute Gasteiger partial charge is 0.379 e. The summed E-state index contributed by atoms with van der Waals surface area (Å²) in [7, 11) is 1.61. The van der Waals surface area contributed by atoms with Gasteiger partial charge in [0.1, 0.15) is 11.3 Å². The second-order valence-electron chi connectivity index (χ2n) is 3.90. The minimum atomic E-state index is -1.38. The number of benzene rings is 1. The summed E-state index contributed by atoms with van der Waals surface area (Å²) in [5.41, 5.74) is -0.576. The molecule has 0 bridgehead atoms. The Labute approximate surface area is 93.2 Å². The minimum Gasteiger partial charge on any atom is -0.379 e. The quantitative estimate of drug-likeness (QED) is 0.838. The average molecular weight is 220 g/mol. The molecular weight excluding hydrogens is 207 g/mol. The van der Waals surface area contributed by atoms with Gasteiger partial charge in [0.2, 0.25) is 0 Å². The zero-order valence-corrected chi connectivity index (χ0v) is 9.18. The van der Waals surface area contributed by atoms with E-state index in [0.717, 1.165) is 6.20 Å². The number of rotatable bonds is 2. The van der Waals surface area contributed by atoms with Crippen molar-refractivity contribution in [3.63, 3.8) is 0 Å². The van der Waals surface area contributed by atoms with Gasteiger partial charge in [0, 0.05) is 7.05 Å². The maximum absolute atomic E-state index is 13.5. The summed E-state index contributed by atoms with van der Waals surface area (Å²) in [6.45, 7) is 1.56. The van der Waals surface area contributed by atoms with Crippen molar-refractivity contribution < 1.29 is 9.50 Å². The van der Waals surface area contributed by atoms with Crippen LogP contribution in [-0.4, -0.2) is 14.9 Å². The maximum atomic E-state index is 13.5. The van der Waals surface area contributed by atoms with Crippen molar-refractivity contribution in [1.29, 1.82) is 0 Å². The number of hydrogen-bond donors (Lipinski definition) is 1.